The van der Waals surface area contributed by atoms with E-state index < -0.39 is 0 Å². The maximum Gasteiger partial charge on any atom is 0.136 e. The minimum Gasteiger partial charge on any atom is -0.508 e. The number of hydrogen-bond donors (Lipinski definition) is 2. The van der Waals surface area contributed by atoms with Gasteiger partial charge in [-0.25, -0.2) is 0 Å². The van der Waals surface area contributed by atoms with Crippen LogP contribution in [0.3, 0.4) is 0 Å². The molecule has 1 aliphatic rings. The van der Waals surface area contributed by atoms with Gasteiger partial charge in [-0.05, 0) is 42.8 Å². The fraction of sp³-hybridized carbons (Fsp3) is 0.158. The molecule has 3 aromatic carbocycles. The van der Waals surface area contributed by atoms with E-state index in [4.69, 9.17) is 9.47 Å². The molecule has 1 heterocycles. The Bertz CT molecular complexity index is 944. The molecule has 3 aromatic rings. The highest BCUT2D eigenvalue weighted by Crippen LogP contribution is 2.49. The third-order valence-electron chi connectivity index (χ3n) is 4.37. The van der Waals surface area contributed by atoms with Crippen molar-refractivity contribution in [1.29, 1.82) is 0 Å². The van der Waals surface area contributed by atoms with E-state index in [9.17, 15) is 10.2 Å². The summed E-state index contributed by atoms with van der Waals surface area (Å²) in [6.07, 6.45) is 0. The lowest BCUT2D eigenvalue weighted by atomic mass is 9.89. The second kappa shape index (κ2) is 4.81. The van der Waals surface area contributed by atoms with Gasteiger partial charge >= 0.3 is 0 Å². The van der Waals surface area contributed by atoms with Gasteiger partial charge < -0.3 is 19.7 Å². The smallest absolute Gasteiger partial charge is 0.136 e. The van der Waals surface area contributed by atoms with Crippen molar-refractivity contribution in [1.82, 2.24) is 0 Å². The van der Waals surface area contributed by atoms with Crippen molar-refractivity contribution in [2.45, 2.75) is 13.5 Å². The first kappa shape index (κ1) is 13.8. The average molecular weight is 308 g/mol. The van der Waals surface area contributed by atoms with Crippen LogP contribution >= 0.6 is 0 Å². The van der Waals surface area contributed by atoms with E-state index in [1.165, 1.54) is 0 Å². The summed E-state index contributed by atoms with van der Waals surface area (Å²) < 4.78 is 11.6. The monoisotopic (exact) mass is 308 g/mol. The van der Waals surface area contributed by atoms with E-state index in [0.717, 1.165) is 44.5 Å². The molecule has 1 aliphatic heterocycles. The quantitative estimate of drug-likeness (QED) is 0.709. The first-order chi connectivity index (χ1) is 11.1. The van der Waals surface area contributed by atoms with Crippen LogP contribution < -0.4 is 9.47 Å². The van der Waals surface area contributed by atoms with Crippen LogP contribution in [0.2, 0.25) is 0 Å². The number of phenolic OH excluding ortho intramolecular Hbond substituents is 2. The molecule has 0 atom stereocenters. The molecule has 23 heavy (non-hydrogen) atoms. The normalized spacial score (nSPS) is 12.4. The summed E-state index contributed by atoms with van der Waals surface area (Å²) >= 11 is 0. The zero-order chi connectivity index (χ0) is 16.1. The zero-order valence-electron chi connectivity index (χ0n) is 12.9. The van der Waals surface area contributed by atoms with Crippen LogP contribution in [0.15, 0.2) is 36.4 Å². The number of ether oxygens (including phenoxy) is 2. The van der Waals surface area contributed by atoms with E-state index in [-0.39, 0.29) is 11.5 Å². The third-order valence-corrected chi connectivity index (χ3v) is 4.37. The molecule has 0 saturated carbocycles. The number of hydrogen-bond acceptors (Lipinski definition) is 4. The van der Waals surface area contributed by atoms with Crippen molar-refractivity contribution in [3.8, 4) is 34.1 Å². The topological polar surface area (TPSA) is 58.9 Å². The Morgan fingerprint density at radius 3 is 2.52 bits per heavy atom. The Labute approximate surface area is 133 Å². The molecule has 0 spiro atoms. The summed E-state index contributed by atoms with van der Waals surface area (Å²) in [5.74, 6) is 1.93. The SMILES string of the molecule is COc1c(C)c2c(c3ccc(O)cc13)OCc1cc(O)ccc1-2. The third kappa shape index (κ3) is 1.91. The van der Waals surface area contributed by atoms with Crippen LogP contribution in [0.1, 0.15) is 11.1 Å². The number of phenols is 2. The maximum atomic E-state index is 9.81. The fourth-order valence-electron chi connectivity index (χ4n) is 3.37. The van der Waals surface area contributed by atoms with E-state index in [2.05, 4.69) is 0 Å². The molecule has 0 aromatic heterocycles. The lowest BCUT2D eigenvalue weighted by Gasteiger charge is -2.26. The molecule has 0 radical (unpaired) electrons. The lowest BCUT2D eigenvalue weighted by molar-refractivity contribution is 0.304. The van der Waals surface area contributed by atoms with E-state index >= 15 is 0 Å². The molecular weight excluding hydrogens is 292 g/mol. The van der Waals surface area contributed by atoms with Gasteiger partial charge in [-0.15, -0.1) is 0 Å². The van der Waals surface area contributed by atoms with Crippen LogP contribution in [0.5, 0.6) is 23.0 Å². The largest absolute Gasteiger partial charge is 0.508 e. The van der Waals surface area contributed by atoms with Crippen molar-refractivity contribution in [2.24, 2.45) is 0 Å². The number of rotatable bonds is 1. The average Bonchev–Trinajstić information content (AvgIpc) is 2.54. The van der Waals surface area contributed by atoms with E-state index in [0.29, 0.717) is 6.61 Å². The molecule has 4 rings (SSSR count). The van der Waals surface area contributed by atoms with Crippen molar-refractivity contribution >= 4 is 10.8 Å². The highest BCUT2D eigenvalue weighted by Gasteiger charge is 2.25. The number of fused-ring (bicyclic) bond motifs is 5. The summed E-state index contributed by atoms with van der Waals surface area (Å²) in [5, 5.41) is 21.2. The molecule has 0 bridgehead atoms. The minimum atomic E-state index is 0.191. The van der Waals surface area contributed by atoms with E-state index in [1.54, 1.807) is 31.4 Å². The van der Waals surface area contributed by atoms with E-state index in [1.807, 2.05) is 19.1 Å². The summed E-state index contributed by atoms with van der Waals surface area (Å²) in [7, 11) is 1.62. The van der Waals surface area contributed by atoms with Crippen LogP contribution in [0.25, 0.3) is 21.9 Å². The maximum absolute atomic E-state index is 9.81. The highest BCUT2D eigenvalue weighted by atomic mass is 16.5. The van der Waals surface area contributed by atoms with Gasteiger partial charge in [0.25, 0.3) is 0 Å². The summed E-state index contributed by atoms with van der Waals surface area (Å²) in [6.45, 7) is 2.38. The summed E-state index contributed by atoms with van der Waals surface area (Å²) in [5.41, 5.74) is 3.91. The Morgan fingerprint density at radius 1 is 1.00 bits per heavy atom. The summed E-state index contributed by atoms with van der Waals surface area (Å²) in [6, 6.07) is 10.5. The first-order valence-electron chi connectivity index (χ1n) is 7.38. The fourth-order valence-corrected chi connectivity index (χ4v) is 3.37. The molecule has 0 fully saturated rings. The predicted molar refractivity (Wildman–Crippen MR) is 88.3 cm³/mol. The molecule has 2 N–H and O–H groups in total. The Kier molecular flexibility index (Phi) is 2.88. The Morgan fingerprint density at radius 2 is 1.74 bits per heavy atom. The zero-order valence-corrected chi connectivity index (χ0v) is 12.9. The number of methoxy groups -OCH3 is 1. The van der Waals surface area contributed by atoms with Crippen molar-refractivity contribution in [3.63, 3.8) is 0 Å². The Balaban J connectivity index is 2.14. The number of aromatic hydroxyl groups is 2. The van der Waals surface area contributed by atoms with Gasteiger partial charge in [-0.1, -0.05) is 6.07 Å². The van der Waals surface area contributed by atoms with Crippen LogP contribution in [-0.4, -0.2) is 17.3 Å². The molecule has 0 aliphatic carbocycles. The van der Waals surface area contributed by atoms with Crippen LogP contribution in [0, 0.1) is 6.92 Å². The van der Waals surface area contributed by atoms with Crippen molar-refractivity contribution in [3.05, 3.63) is 47.5 Å². The van der Waals surface area contributed by atoms with Crippen LogP contribution in [0.4, 0.5) is 0 Å². The molecule has 4 nitrogen and oxygen atoms in total. The van der Waals surface area contributed by atoms with Gasteiger partial charge in [0.1, 0.15) is 29.6 Å². The standard InChI is InChI=1S/C19H16O4/c1-10-17-14-5-3-12(20)7-11(14)9-23-19(17)15-6-4-13(21)8-16(15)18(10)22-2/h3-8,20-21H,9H2,1-2H3. The van der Waals surface area contributed by atoms with Gasteiger partial charge in [0.05, 0.1) is 7.11 Å². The van der Waals surface area contributed by atoms with Crippen molar-refractivity contribution in [2.75, 3.05) is 7.11 Å². The van der Waals surface area contributed by atoms with Gasteiger partial charge in [0.15, 0.2) is 0 Å². The molecule has 4 heteroatoms. The molecule has 0 saturated heterocycles. The molecule has 0 amide bonds. The van der Waals surface area contributed by atoms with Gasteiger partial charge in [-0.3, -0.25) is 0 Å². The van der Waals surface area contributed by atoms with Gasteiger partial charge in [0, 0.05) is 27.5 Å². The Hall–Kier alpha value is -2.88. The number of benzene rings is 3. The molecular formula is C19H16O4. The molecule has 0 unspecified atom stereocenters. The summed E-state index contributed by atoms with van der Waals surface area (Å²) in [4.78, 5) is 0. The first-order valence-corrected chi connectivity index (χ1v) is 7.38. The second-order valence-electron chi connectivity index (χ2n) is 5.72. The lowest BCUT2D eigenvalue weighted by Crippen LogP contribution is -2.08. The highest BCUT2D eigenvalue weighted by molar-refractivity contribution is 6.02. The van der Waals surface area contributed by atoms with Crippen LogP contribution in [-0.2, 0) is 6.61 Å². The minimum absolute atomic E-state index is 0.191. The van der Waals surface area contributed by atoms with Gasteiger partial charge in [0.2, 0.25) is 0 Å². The van der Waals surface area contributed by atoms with Gasteiger partial charge in [-0.2, -0.15) is 0 Å². The molecule has 116 valence electrons. The second-order valence-corrected chi connectivity index (χ2v) is 5.72. The predicted octanol–water partition coefficient (Wildman–Crippen LogP) is 4.13. The van der Waals surface area contributed by atoms with Crippen molar-refractivity contribution < 1.29 is 19.7 Å².